The van der Waals surface area contributed by atoms with E-state index in [0.29, 0.717) is 19.3 Å². The van der Waals surface area contributed by atoms with E-state index in [1.54, 1.807) is 0 Å². The molecule has 0 aliphatic rings. The van der Waals surface area contributed by atoms with Crippen LogP contribution in [0.5, 0.6) is 0 Å². The third kappa shape index (κ3) is 41.1. The zero-order chi connectivity index (χ0) is 41.7. The van der Waals surface area contributed by atoms with Crippen LogP contribution in [0.1, 0.15) is 278 Å². The SMILES string of the molecule is CCCCCCCCC/C=C\CCCCCC(=O)OC(CCCCCCCCCCC)CC(=O)NC(CO)C(O)CCCCCCCCCCCCCCCCC. The molecule has 6 heteroatoms. The molecule has 0 fully saturated rings. The molecule has 0 aliphatic carbocycles. The summed E-state index contributed by atoms with van der Waals surface area (Å²) in [5.74, 6) is -0.480. The number of hydrogen-bond acceptors (Lipinski definition) is 5. The first-order valence-electron chi connectivity index (χ1n) is 25.4. The lowest BCUT2D eigenvalue weighted by molar-refractivity contribution is -0.151. The maximum atomic E-state index is 13.1. The Bertz CT molecular complexity index is 863. The number of aliphatic hydroxyl groups excluding tert-OH is 2. The van der Waals surface area contributed by atoms with Crippen molar-refractivity contribution in [3.05, 3.63) is 12.2 Å². The van der Waals surface area contributed by atoms with Crippen molar-refractivity contribution in [1.29, 1.82) is 0 Å². The van der Waals surface area contributed by atoms with Crippen LogP contribution < -0.4 is 5.32 Å². The van der Waals surface area contributed by atoms with Gasteiger partial charge in [-0.2, -0.15) is 0 Å². The highest BCUT2D eigenvalue weighted by Gasteiger charge is 2.24. The molecule has 0 saturated heterocycles. The van der Waals surface area contributed by atoms with E-state index < -0.39 is 18.2 Å². The van der Waals surface area contributed by atoms with Crippen molar-refractivity contribution in [2.75, 3.05) is 6.61 Å². The maximum Gasteiger partial charge on any atom is 0.306 e. The maximum absolute atomic E-state index is 13.1. The zero-order valence-corrected chi connectivity index (χ0v) is 38.5. The first kappa shape index (κ1) is 55.6. The predicted octanol–water partition coefficient (Wildman–Crippen LogP) is 15.0. The molecular weight excluding hydrogens is 707 g/mol. The Hall–Kier alpha value is -1.40. The van der Waals surface area contributed by atoms with E-state index in [4.69, 9.17) is 4.74 Å². The molecule has 0 aliphatic heterocycles. The van der Waals surface area contributed by atoms with Gasteiger partial charge in [-0.3, -0.25) is 9.59 Å². The van der Waals surface area contributed by atoms with Crippen molar-refractivity contribution in [3.63, 3.8) is 0 Å². The van der Waals surface area contributed by atoms with E-state index in [2.05, 4.69) is 38.2 Å². The second-order valence-electron chi connectivity index (χ2n) is 17.6. The van der Waals surface area contributed by atoms with Gasteiger partial charge in [-0.15, -0.1) is 0 Å². The zero-order valence-electron chi connectivity index (χ0n) is 38.5. The minimum atomic E-state index is -0.783. The van der Waals surface area contributed by atoms with Gasteiger partial charge in [0.2, 0.25) is 5.91 Å². The molecule has 3 N–H and O–H groups in total. The monoisotopic (exact) mass is 806 g/mol. The molecule has 1 amide bonds. The fourth-order valence-corrected chi connectivity index (χ4v) is 7.96. The standard InChI is InChI=1S/C51H99NO5/c1-4-7-10-13-16-19-21-23-25-26-28-31-34-37-40-43-49(54)48(46-53)52-50(55)45-47(42-39-36-33-30-18-15-12-9-6-3)57-51(56)44-41-38-35-32-29-27-24-22-20-17-14-11-8-5-2/h27,29,47-49,53-54H,4-26,28,30-46H2,1-3H3,(H,52,55)/b29-27-. The number of carbonyl (C=O) groups excluding carboxylic acids is 2. The molecule has 0 heterocycles. The first-order chi connectivity index (χ1) is 28.0. The van der Waals surface area contributed by atoms with Crippen molar-refractivity contribution in [1.82, 2.24) is 5.32 Å². The number of rotatable bonds is 46. The fourth-order valence-electron chi connectivity index (χ4n) is 7.96. The molecule has 0 rings (SSSR count). The highest BCUT2D eigenvalue weighted by atomic mass is 16.5. The minimum Gasteiger partial charge on any atom is -0.462 e. The lowest BCUT2D eigenvalue weighted by atomic mass is 10.0. The smallest absolute Gasteiger partial charge is 0.306 e. The van der Waals surface area contributed by atoms with E-state index in [1.807, 2.05) is 0 Å². The van der Waals surface area contributed by atoms with Gasteiger partial charge in [-0.25, -0.2) is 0 Å². The van der Waals surface area contributed by atoms with E-state index in [0.717, 1.165) is 51.4 Å². The van der Waals surface area contributed by atoms with Crippen LogP contribution in [0.15, 0.2) is 12.2 Å². The topological polar surface area (TPSA) is 95.9 Å². The Balaban J connectivity index is 4.45. The number of carbonyl (C=O) groups is 2. The lowest BCUT2D eigenvalue weighted by Gasteiger charge is -2.24. The summed E-state index contributed by atoms with van der Waals surface area (Å²) in [6.45, 7) is 6.48. The number of nitrogens with one attached hydrogen (secondary N) is 1. The molecule has 6 nitrogen and oxygen atoms in total. The first-order valence-corrected chi connectivity index (χ1v) is 25.4. The van der Waals surface area contributed by atoms with Crippen molar-refractivity contribution >= 4 is 11.9 Å². The number of aliphatic hydroxyl groups is 2. The third-order valence-electron chi connectivity index (χ3n) is 11.8. The van der Waals surface area contributed by atoms with E-state index >= 15 is 0 Å². The second kappa shape index (κ2) is 45.7. The summed E-state index contributed by atoms with van der Waals surface area (Å²) >= 11 is 0. The van der Waals surface area contributed by atoms with Gasteiger partial charge in [0.15, 0.2) is 0 Å². The summed E-state index contributed by atoms with van der Waals surface area (Å²) in [6, 6.07) is -0.696. The van der Waals surface area contributed by atoms with E-state index in [9.17, 15) is 19.8 Å². The average Bonchev–Trinajstić information content (AvgIpc) is 3.20. The number of allylic oxidation sites excluding steroid dienone is 2. The summed E-state index contributed by atoms with van der Waals surface area (Å²) < 4.78 is 5.90. The van der Waals surface area contributed by atoms with Gasteiger partial charge >= 0.3 is 5.97 Å². The van der Waals surface area contributed by atoms with Crippen LogP contribution in [0.2, 0.25) is 0 Å². The van der Waals surface area contributed by atoms with Gasteiger partial charge in [0.25, 0.3) is 0 Å². The molecule has 0 saturated carbocycles. The molecule has 3 unspecified atom stereocenters. The molecule has 0 aromatic rings. The van der Waals surface area contributed by atoms with Crippen LogP contribution in [-0.4, -0.2) is 46.9 Å². The molecular formula is C51H99NO5. The van der Waals surface area contributed by atoms with Crippen molar-refractivity contribution in [3.8, 4) is 0 Å². The van der Waals surface area contributed by atoms with Gasteiger partial charge in [0.1, 0.15) is 6.10 Å². The Morgan fingerprint density at radius 3 is 1.25 bits per heavy atom. The van der Waals surface area contributed by atoms with Gasteiger partial charge in [-0.05, 0) is 51.4 Å². The third-order valence-corrected chi connectivity index (χ3v) is 11.8. The number of ether oxygens (including phenoxy) is 1. The molecule has 338 valence electrons. The average molecular weight is 806 g/mol. The Morgan fingerprint density at radius 2 is 0.842 bits per heavy atom. The number of unbranched alkanes of at least 4 members (excludes halogenated alkanes) is 32. The molecule has 0 aromatic carbocycles. The molecule has 57 heavy (non-hydrogen) atoms. The van der Waals surface area contributed by atoms with Gasteiger partial charge in [-0.1, -0.05) is 226 Å². The highest BCUT2D eigenvalue weighted by molar-refractivity contribution is 5.77. The Labute approximate surface area is 355 Å². The van der Waals surface area contributed by atoms with Crippen LogP contribution in [0.4, 0.5) is 0 Å². The second-order valence-corrected chi connectivity index (χ2v) is 17.6. The summed E-state index contributed by atoms with van der Waals surface area (Å²) in [7, 11) is 0. The largest absolute Gasteiger partial charge is 0.462 e. The minimum absolute atomic E-state index is 0.0778. The summed E-state index contributed by atoms with van der Waals surface area (Å²) in [4.78, 5) is 26.0. The van der Waals surface area contributed by atoms with Crippen LogP contribution in [0, 0.1) is 0 Å². The Morgan fingerprint density at radius 1 is 0.491 bits per heavy atom. The summed E-state index contributed by atoms with van der Waals surface area (Å²) in [6.07, 6.45) is 49.9. The highest BCUT2D eigenvalue weighted by Crippen LogP contribution is 2.18. The van der Waals surface area contributed by atoms with Gasteiger partial charge in [0, 0.05) is 6.42 Å². The lowest BCUT2D eigenvalue weighted by Crippen LogP contribution is -2.46. The molecule has 0 bridgehead atoms. The summed E-state index contributed by atoms with van der Waals surface area (Å²) in [5, 5.41) is 23.7. The van der Waals surface area contributed by atoms with E-state index in [-0.39, 0.29) is 24.9 Å². The number of amides is 1. The molecule has 0 spiro atoms. The van der Waals surface area contributed by atoms with Crippen molar-refractivity contribution < 1.29 is 24.5 Å². The molecule has 3 atom stereocenters. The fraction of sp³-hybridized carbons (Fsp3) is 0.922. The van der Waals surface area contributed by atoms with Gasteiger partial charge in [0.05, 0.1) is 25.2 Å². The van der Waals surface area contributed by atoms with E-state index in [1.165, 1.54) is 180 Å². The molecule has 0 radical (unpaired) electrons. The van der Waals surface area contributed by atoms with Crippen LogP contribution in [0.3, 0.4) is 0 Å². The Kier molecular flexibility index (Phi) is 44.6. The van der Waals surface area contributed by atoms with Crippen molar-refractivity contribution in [2.24, 2.45) is 0 Å². The number of esters is 1. The normalized spacial score (nSPS) is 13.3. The van der Waals surface area contributed by atoms with Crippen LogP contribution in [0.25, 0.3) is 0 Å². The van der Waals surface area contributed by atoms with Crippen molar-refractivity contribution in [2.45, 2.75) is 296 Å². The molecule has 0 aromatic heterocycles. The quantitative estimate of drug-likeness (QED) is 0.0323. The van der Waals surface area contributed by atoms with Gasteiger partial charge < -0.3 is 20.3 Å². The predicted molar refractivity (Wildman–Crippen MR) is 246 cm³/mol. The van der Waals surface area contributed by atoms with Crippen LogP contribution in [-0.2, 0) is 14.3 Å². The summed E-state index contributed by atoms with van der Waals surface area (Å²) in [5.41, 5.74) is 0. The van der Waals surface area contributed by atoms with Crippen LogP contribution >= 0.6 is 0 Å². The number of hydrogen-bond donors (Lipinski definition) is 3.